The number of aryl methyl sites for hydroxylation is 1. The lowest BCUT2D eigenvalue weighted by molar-refractivity contribution is 0.0126. The molecule has 0 atom stereocenters. The Bertz CT molecular complexity index is 551. The lowest BCUT2D eigenvalue weighted by Gasteiger charge is -2.35. The third kappa shape index (κ3) is 3.08. The first kappa shape index (κ1) is 14.3. The molecule has 1 aromatic rings. The molecule has 0 aliphatic carbocycles. The van der Waals surface area contributed by atoms with Crippen LogP contribution in [-0.2, 0) is 10.0 Å². The zero-order valence-electron chi connectivity index (χ0n) is 11.3. The number of nitrogens with two attached hydrogens (primary N) is 1. The minimum absolute atomic E-state index is 0.228. The normalized spacial score (nSPS) is 20.4. The molecular formula is C13H20N2O3S. The third-order valence-electron chi connectivity index (χ3n) is 3.51. The van der Waals surface area contributed by atoms with Crippen LogP contribution in [0.15, 0.2) is 23.1 Å². The highest BCUT2D eigenvalue weighted by Crippen LogP contribution is 2.27. The minimum Gasteiger partial charge on any atom is -0.399 e. The second kappa shape index (κ2) is 4.77. The molecule has 1 aliphatic heterocycles. The molecule has 5 nitrogen and oxygen atoms in total. The Kier molecular flexibility index (Phi) is 3.59. The van der Waals surface area contributed by atoms with Gasteiger partial charge in [-0.1, -0.05) is 0 Å². The van der Waals surface area contributed by atoms with Crippen LogP contribution in [0.2, 0.25) is 0 Å². The van der Waals surface area contributed by atoms with E-state index in [1.165, 1.54) is 10.4 Å². The summed E-state index contributed by atoms with van der Waals surface area (Å²) in [5.41, 5.74) is 6.21. The maximum Gasteiger partial charge on any atom is 0.243 e. The standard InChI is InChI=1S/C13H20N2O3S/c1-10-7-11(14)9-12(8-10)19(17,18)15-5-3-13(2,16)4-6-15/h7-9,16H,3-6,14H2,1-2H3. The first-order chi connectivity index (χ1) is 8.71. The summed E-state index contributed by atoms with van der Waals surface area (Å²) in [4.78, 5) is 0.228. The Balaban J connectivity index is 2.28. The quantitative estimate of drug-likeness (QED) is 0.797. The van der Waals surface area contributed by atoms with Gasteiger partial charge in [-0.05, 0) is 50.5 Å². The Labute approximate surface area is 114 Å². The Hall–Kier alpha value is -1.11. The van der Waals surface area contributed by atoms with Crippen LogP contribution in [0.5, 0.6) is 0 Å². The molecule has 106 valence electrons. The molecule has 19 heavy (non-hydrogen) atoms. The smallest absolute Gasteiger partial charge is 0.243 e. The highest BCUT2D eigenvalue weighted by molar-refractivity contribution is 7.89. The monoisotopic (exact) mass is 284 g/mol. The van der Waals surface area contributed by atoms with E-state index in [0.717, 1.165) is 5.56 Å². The van der Waals surface area contributed by atoms with Crippen molar-refractivity contribution < 1.29 is 13.5 Å². The van der Waals surface area contributed by atoms with Gasteiger partial charge in [0.2, 0.25) is 10.0 Å². The molecule has 1 fully saturated rings. The van der Waals surface area contributed by atoms with Gasteiger partial charge in [-0.2, -0.15) is 4.31 Å². The minimum atomic E-state index is -3.52. The predicted octanol–water partition coefficient (Wildman–Crippen LogP) is 1.11. The SMILES string of the molecule is Cc1cc(N)cc(S(=O)(=O)N2CCC(C)(O)CC2)c1. The second-order valence-electron chi connectivity index (χ2n) is 5.48. The second-order valence-corrected chi connectivity index (χ2v) is 7.42. The van der Waals surface area contributed by atoms with Gasteiger partial charge in [-0.15, -0.1) is 0 Å². The van der Waals surface area contributed by atoms with E-state index in [0.29, 0.717) is 31.6 Å². The number of nitrogens with zero attached hydrogens (tertiary/aromatic N) is 1. The summed E-state index contributed by atoms with van der Waals surface area (Å²) >= 11 is 0. The van der Waals surface area contributed by atoms with Gasteiger partial charge in [0, 0.05) is 18.8 Å². The summed E-state index contributed by atoms with van der Waals surface area (Å²) in [5, 5.41) is 9.88. The van der Waals surface area contributed by atoms with E-state index in [1.807, 2.05) is 6.92 Å². The number of aliphatic hydroxyl groups is 1. The number of sulfonamides is 1. The fourth-order valence-corrected chi connectivity index (χ4v) is 3.86. The van der Waals surface area contributed by atoms with E-state index < -0.39 is 15.6 Å². The van der Waals surface area contributed by atoms with Crippen molar-refractivity contribution in [3.63, 3.8) is 0 Å². The van der Waals surface area contributed by atoms with Crippen LogP contribution in [-0.4, -0.2) is 36.5 Å². The van der Waals surface area contributed by atoms with Crippen molar-refractivity contribution >= 4 is 15.7 Å². The van der Waals surface area contributed by atoms with Crippen molar-refractivity contribution in [1.29, 1.82) is 0 Å². The Morgan fingerprint density at radius 1 is 1.26 bits per heavy atom. The maximum atomic E-state index is 12.5. The molecule has 1 aromatic carbocycles. The molecule has 0 saturated carbocycles. The number of anilines is 1. The van der Waals surface area contributed by atoms with Gasteiger partial charge in [0.15, 0.2) is 0 Å². The molecule has 0 aromatic heterocycles. The lowest BCUT2D eigenvalue weighted by Crippen LogP contribution is -2.45. The summed E-state index contributed by atoms with van der Waals surface area (Å²) in [7, 11) is -3.52. The first-order valence-electron chi connectivity index (χ1n) is 6.30. The first-order valence-corrected chi connectivity index (χ1v) is 7.74. The summed E-state index contributed by atoms with van der Waals surface area (Å²) in [6, 6.07) is 4.84. The van der Waals surface area contributed by atoms with Crippen LogP contribution >= 0.6 is 0 Å². The van der Waals surface area contributed by atoms with Crippen molar-refractivity contribution in [3.05, 3.63) is 23.8 Å². The van der Waals surface area contributed by atoms with E-state index in [4.69, 9.17) is 5.73 Å². The maximum absolute atomic E-state index is 12.5. The van der Waals surface area contributed by atoms with Crippen molar-refractivity contribution in [3.8, 4) is 0 Å². The van der Waals surface area contributed by atoms with Gasteiger partial charge in [0.05, 0.1) is 10.5 Å². The molecule has 2 rings (SSSR count). The van der Waals surface area contributed by atoms with Crippen LogP contribution < -0.4 is 5.73 Å². The zero-order valence-corrected chi connectivity index (χ0v) is 12.1. The van der Waals surface area contributed by atoms with Gasteiger partial charge < -0.3 is 10.8 Å². The third-order valence-corrected chi connectivity index (χ3v) is 5.39. The molecule has 0 spiro atoms. The molecule has 0 radical (unpaired) electrons. The van der Waals surface area contributed by atoms with Gasteiger partial charge in [-0.3, -0.25) is 0 Å². The summed E-state index contributed by atoms with van der Waals surface area (Å²) < 4.78 is 26.4. The van der Waals surface area contributed by atoms with Crippen LogP contribution in [0.1, 0.15) is 25.3 Å². The molecule has 0 unspecified atom stereocenters. The molecule has 6 heteroatoms. The number of nitrogen functional groups attached to an aromatic ring is 1. The van der Waals surface area contributed by atoms with Gasteiger partial charge in [0.1, 0.15) is 0 Å². The van der Waals surface area contributed by atoms with Crippen LogP contribution in [0, 0.1) is 6.92 Å². The number of benzene rings is 1. The summed E-state index contributed by atoms with van der Waals surface area (Å²) in [5.74, 6) is 0. The van der Waals surface area contributed by atoms with Crippen molar-refractivity contribution in [2.75, 3.05) is 18.8 Å². The average molecular weight is 284 g/mol. The van der Waals surface area contributed by atoms with Crippen molar-refractivity contribution in [1.82, 2.24) is 4.31 Å². The van der Waals surface area contributed by atoms with Gasteiger partial charge in [-0.25, -0.2) is 8.42 Å². The largest absolute Gasteiger partial charge is 0.399 e. The van der Waals surface area contributed by atoms with Crippen molar-refractivity contribution in [2.45, 2.75) is 37.2 Å². The van der Waals surface area contributed by atoms with E-state index in [2.05, 4.69) is 0 Å². The fourth-order valence-electron chi connectivity index (χ4n) is 2.28. The molecule has 0 bridgehead atoms. The highest BCUT2D eigenvalue weighted by Gasteiger charge is 2.34. The van der Waals surface area contributed by atoms with Gasteiger partial charge >= 0.3 is 0 Å². The van der Waals surface area contributed by atoms with Crippen LogP contribution in [0.3, 0.4) is 0 Å². The van der Waals surface area contributed by atoms with E-state index in [9.17, 15) is 13.5 Å². The number of hydrogen-bond acceptors (Lipinski definition) is 4. The average Bonchev–Trinajstić information content (AvgIpc) is 2.27. The zero-order chi connectivity index (χ0) is 14.3. The van der Waals surface area contributed by atoms with E-state index in [-0.39, 0.29) is 4.90 Å². The molecule has 1 heterocycles. The van der Waals surface area contributed by atoms with E-state index in [1.54, 1.807) is 19.1 Å². The highest BCUT2D eigenvalue weighted by atomic mass is 32.2. The lowest BCUT2D eigenvalue weighted by atomic mass is 9.95. The molecular weight excluding hydrogens is 264 g/mol. The van der Waals surface area contributed by atoms with Crippen LogP contribution in [0.4, 0.5) is 5.69 Å². The molecule has 3 N–H and O–H groups in total. The summed E-state index contributed by atoms with van der Waals surface area (Å²) in [6.07, 6.45) is 0.904. The number of piperidine rings is 1. The Morgan fingerprint density at radius 3 is 2.37 bits per heavy atom. The number of hydrogen-bond donors (Lipinski definition) is 2. The molecule has 0 amide bonds. The summed E-state index contributed by atoms with van der Waals surface area (Å²) in [6.45, 7) is 4.23. The molecule has 1 saturated heterocycles. The van der Waals surface area contributed by atoms with Crippen LogP contribution in [0.25, 0.3) is 0 Å². The molecule has 1 aliphatic rings. The van der Waals surface area contributed by atoms with Gasteiger partial charge in [0.25, 0.3) is 0 Å². The number of rotatable bonds is 2. The predicted molar refractivity (Wildman–Crippen MR) is 74.2 cm³/mol. The fraction of sp³-hybridized carbons (Fsp3) is 0.538. The van der Waals surface area contributed by atoms with E-state index >= 15 is 0 Å². The van der Waals surface area contributed by atoms with Crippen molar-refractivity contribution in [2.24, 2.45) is 0 Å². The Morgan fingerprint density at radius 2 is 1.84 bits per heavy atom. The topological polar surface area (TPSA) is 83.6 Å².